The van der Waals surface area contributed by atoms with Gasteiger partial charge in [-0.1, -0.05) is 6.07 Å². The summed E-state index contributed by atoms with van der Waals surface area (Å²) in [5, 5.41) is 0.171. The molecule has 0 unspecified atom stereocenters. The van der Waals surface area contributed by atoms with Gasteiger partial charge in [0.1, 0.15) is 0 Å². The highest BCUT2D eigenvalue weighted by molar-refractivity contribution is 7.91. The SMILES string of the molecule is Cc1cccnc1S(=O)(=O)CCCCl. The van der Waals surface area contributed by atoms with Crippen molar-refractivity contribution in [1.82, 2.24) is 4.98 Å². The highest BCUT2D eigenvalue weighted by Gasteiger charge is 2.17. The van der Waals surface area contributed by atoms with Gasteiger partial charge in [0, 0.05) is 12.1 Å². The molecule has 0 aliphatic rings. The Kier molecular flexibility index (Phi) is 3.89. The molecule has 1 rings (SSSR count). The van der Waals surface area contributed by atoms with Gasteiger partial charge >= 0.3 is 0 Å². The van der Waals surface area contributed by atoms with E-state index in [1.54, 1.807) is 19.1 Å². The quantitative estimate of drug-likeness (QED) is 0.745. The van der Waals surface area contributed by atoms with Crippen molar-refractivity contribution in [1.29, 1.82) is 0 Å². The van der Waals surface area contributed by atoms with Crippen LogP contribution in [0.2, 0.25) is 0 Å². The Morgan fingerprint density at radius 2 is 2.21 bits per heavy atom. The predicted octanol–water partition coefficient (Wildman–Crippen LogP) is 1.79. The van der Waals surface area contributed by atoms with Crippen LogP contribution in [-0.4, -0.2) is 25.0 Å². The molecule has 14 heavy (non-hydrogen) atoms. The molecular formula is C9H12ClNO2S. The molecule has 0 radical (unpaired) electrons. The molecule has 0 saturated carbocycles. The van der Waals surface area contributed by atoms with Crippen LogP contribution in [0.1, 0.15) is 12.0 Å². The molecule has 78 valence electrons. The van der Waals surface area contributed by atoms with E-state index in [1.165, 1.54) is 6.20 Å². The van der Waals surface area contributed by atoms with Gasteiger partial charge in [0.15, 0.2) is 14.9 Å². The zero-order chi connectivity index (χ0) is 10.6. The van der Waals surface area contributed by atoms with E-state index < -0.39 is 9.84 Å². The van der Waals surface area contributed by atoms with Crippen molar-refractivity contribution < 1.29 is 8.42 Å². The first kappa shape index (κ1) is 11.5. The number of nitrogens with zero attached hydrogens (tertiary/aromatic N) is 1. The molecule has 0 amide bonds. The van der Waals surface area contributed by atoms with Crippen molar-refractivity contribution in [3.05, 3.63) is 23.9 Å². The third-order valence-corrected chi connectivity index (χ3v) is 3.91. The van der Waals surface area contributed by atoms with Gasteiger partial charge in [-0.05, 0) is 25.0 Å². The molecule has 1 heterocycles. The Morgan fingerprint density at radius 3 is 2.79 bits per heavy atom. The summed E-state index contributed by atoms with van der Waals surface area (Å²) in [7, 11) is -3.25. The van der Waals surface area contributed by atoms with E-state index in [4.69, 9.17) is 11.6 Å². The predicted molar refractivity (Wildman–Crippen MR) is 56.4 cm³/mol. The number of sulfone groups is 1. The first-order valence-corrected chi connectivity index (χ1v) is 6.47. The van der Waals surface area contributed by atoms with E-state index in [9.17, 15) is 8.42 Å². The Balaban J connectivity index is 2.99. The molecule has 0 atom stereocenters. The van der Waals surface area contributed by atoms with Crippen molar-refractivity contribution in [2.45, 2.75) is 18.4 Å². The standard InChI is InChI=1S/C9H12ClNO2S/c1-8-4-2-6-11-9(8)14(12,13)7-3-5-10/h2,4,6H,3,5,7H2,1H3. The second-order valence-corrected chi connectivity index (χ2v) is 5.39. The number of hydrogen-bond donors (Lipinski definition) is 0. The fraction of sp³-hybridized carbons (Fsp3) is 0.444. The molecule has 5 heteroatoms. The van der Waals surface area contributed by atoms with Crippen LogP contribution in [0.4, 0.5) is 0 Å². The average molecular weight is 234 g/mol. The smallest absolute Gasteiger partial charge is 0.195 e. The van der Waals surface area contributed by atoms with E-state index >= 15 is 0 Å². The number of aromatic nitrogens is 1. The molecule has 0 spiro atoms. The lowest BCUT2D eigenvalue weighted by Gasteiger charge is -2.04. The van der Waals surface area contributed by atoms with Gasteiger partial charge < -0.3 is 0 Å². The molecule has 0 aliphatic heterocycles. The summed E-state index contributed by atoms with van der Waals surface area (Å²) in [5.74, 6) is 0.416. The molecule has 0 aliphatic carbocycles. The Bertz CT molecular complexity index is 403. The molecule has 1 aromatic heterocycles. The fourth-order valence-electron chi connectivity index (χ4n) is 1.14. The largest absolute Gasteiger partial charge is 0.244 e. The highest BCUT2D eigenvalue weighted by Crippen LogP contribution is 2.13. The van der Waals surface area contributed by atoms with Crippen LogP contribution in [0, 0.1) is 6.92 Å². The summed E-state index contributed by atoms with van der Waals surface area (Å²) in [4.78, 5) is 3.87. The average Bonchev–Trinajstić information content (AvgIpc) is 2.15. The molecule has 0 bridgehead atoms. The van der Waals surface area contributed by atoms with Gasteiger partial charge in [-0.25, -0.2) is 13.4 Å². The van der Waals surface area contributed by atoms with Crippen molar-refractivity contribution in [2.75, 3.05) is 11.6 Å². The Morgan fingerprint density at radius 1 is 1.50 bits per heavy atom. The van der Waals surface area contributed by atoms with E-state index in [2.05, 4.69) is 4.98 Å². The lowest BCUT2D eigenvalue weighted by molar-refractivity contribution is 0.590. The van der Waals surface area contributed by atoms with E-state index in [1.807, 2.05) is 0 Å². The number of hydrogen-bond acceptors (Lipinski definition) is 3. The van der Waals surface area contributed by atoms with Crippen LogP contribution in [0.25, 0.3) is 0 Å². The maximum absolute atomic E-state index is 11.7. The molecule has 0 N–H and O–H groups in total. The number of alkyl halides is 1. The number of halogens is 1. The molecule has 3 nitrogen and oxygen atoms in total. The minimum atomic E-state index is -3.25. The highest BCUT2D eigenvalue weighted by atomic mass is 35.5. The minimum Gasteiger partial charge on any atom is -0.244 e. The number of aryl methyl sites for hydroxylation is 1. The maximum Gasteiger partial charge on any atom is 0.195 e. The van der Waals surface area contributed by atoms with Crippen LogP contribution in [-0.2, 0) is 9.84 Å². The van der Waals surface area contributed by atoms with Crippen LogP contribution in [0.5, 0.6) is 0 Å². The topological polar surface area (TPSA) is 47.0 Å². The van der Waals surface area contributed by atoms with E-state index in [0.717, 1.165) is 0 Å². The molecular weight excluding hydrogens is 222 g/mol. The van der Waals surface area contributed by atoms with Crippen molar-refractivity contribution in [2.24, 2.45) is 0 Å². The Labute approximate surface area is 89.0 Å². The van der Waals surface area contributed by atoms with Crippen molar-refractivity contribution in [3.8, 4) is 0 Å². The molecule has 0 aromatic carbocycles. The maximum atomic E-state index is 11.7. The summed E-state index contributed by atoms with van der Waals surface area (Å²) in [6.07, 6.45) is 1.94. The first-order valence-electron chi connectivity index (χ1n) is 4.28. The Hall–Kier alpha value is -0.610. The normalized spacial score (nSPS) is 11.6. The van der Waals surface area contributed by atoms with Crippen LogP contribution in [0.3, 0.4) is 0 Å². The van der Waals surface area contributed by atoms with Gasteiger partial charge in [-0.2, -0.15) is 0 Å². The van der Waals surface area contributed by atoms with Crippen molar-refractivity contribution >= 4 is 21.4 Å². The van der Waals surface area contributed by atoms with Crippen molar-refractivity contribution in [3.63, 3.8) is 0 Å². The molecule has 1 aromatic rings. The van der Waals surface area contributed by atoms with Gasteiger partial charge in [0.2, 0.25) is 0 Å². The fourth-order valence-corrected chi connectivity index (χ4v) is 2.93. The third-order valence-electron chi connectivity index (χ3n) is 1.80. The van der Waals surface area contributed by atoms with Gasteiger partial charge in [-0.15, -0.1) is 11.6 Å². The zero-order valence-corrected chi connectivity index (χ0v) is 9.48. The number of rotatable bonds is 4. The minimum absolute atomic E-state index is 0.0638. The lowest BCUT2D eigenvalue weighted by atomic mass is 10.3. The summed E-state index contributed by atoms with van der Waals surface area (Å²) in [5.41, 5.74) is 0.682. The third kappa shape index (κ3) is 2.69. The zero-order valence-electron chi connectivity index (χ0n) is 7.90. The lowest BCUT2D eigenvalue weighted by Crippen LogP contribution is -2.10. The monoisotopic (exact) mass is 233 g/mol. The number of pyridine rings is 1. The first-order chi connectivity index (χ1) is 6.58. The van der Waals surface area contributed by atoms with E-state index in [0.29, 0.717) is 17.9 Å². The van der Waals surface area contributed by atoms with Gasteiger partial charge in [-0.3, -0.25) is 0 Å². The van der Waals surface area contributed by atoms with E-state index in [-0.39, 0.29) is 10.8 Å². The second-order valence-electron chi connectivity index (χ2n) is 2.99. The molecule has 0 fully saturated rings. The van der Waals surface area contributed by atoms with Crippen LogP contribution in [0.15, 0.2) is 23.4 Å². The summed E-state index contributed by atoms with van der Waals surface area (Å²) >= 11 is 5.45. The summed E-state index contributed by atoms with van der Waals surface area (Å²) in [6.45, 7) is 1.74. The summed E-state index contributed by atoms with van der Waals surface area (Å²) in [6, 6.07) is 3.45. The van der Waals surface area contributed by atoms with Crippen LogP contribution < -0.4 is 0 Å². The van der Waals surface area contributed by atoms with Gasteiger partial charge in [0.05, 0.1) is 5.75 Å². The summed E-state index contributed by atoms with van der Waals surface area (Å²) < 4.78 is 23.4. The second kappa shape index (κ2) is 4.75. The van der Waals surface area contributed by atoms with Crippen LogP contribution >= 0.6 is 11.6 Å². The van der Waals surface area contributed by atoms with Gasteiger partial charge in [0.25, 0.3) is 0 Å². The molecule has 0 saturated heterocycles.